The maximum atomic E-state index is 12.1. The Bertz CT molecular complexity index is 467. The summed E-state index contributed by atoms with van der Waals surface area (Å²) in [4.78, 5) is 12.1. The van der Waals surface area contributed by atoms with Crippen molar-refractivity contribution in [2.45, 2.75) is 38.8 Å². The van der Waals surface area contributed by atoms with Crippen molar-refractivity contribution < 1.29 is 9.90 Å². The van der Waals surface area contributed by atoms with Gasteiger partial charge in [0, 0.05) is 9.13 Å². The maximum absolute atomic E-state index is 12.1. The third-order valence-electron chi connectivity index (χ3n) is 3.14. The van der Waals surface area contributed by atoms with Gasteiger partial charge in [-0.25, -0.2) is 0 Å². The van der Waals surface area contributed by atoms with Gasteiger partial charge in [0.2, 0.25) is 0 Å². The molecule has 0 saturated carbocycles. The van der Waals surface area contributed by atoms with Gasteiger partial charge in [-0.15, -0.1) is 0 Å². The van der Waals surface area contributed by atoms with Gasteiger partial charge < -0.3 is 10.4 Å². The smallest absolute Gasteiger partial charge is 0.251 e. The summed E-state index contributed by atoms with van der Waals surface area (Å²) in [6.45, 7) is 6.88. The summed E-state index contributed by atoms with van der Waals surface area (Å²) in [5.74, 6) is -0.250. The molecule has 1 amide bonds. The molecule has 0 fully saturated rings. The van der Waals surface area contributed by atoms with Crippen molar-refractivity contribution in [1.82, 2.24) is 5.32 Å². The van der Waals surface area contributed by atoms with Crippen molar-refractivity contribution in [2.75, 3.05) is 0 Å². The van der Waals surface area contributed by atoms with Crippen LogP contribution in [0.1, 0.15) is 38.1 Å². The highest BCUT2D eigenvalue weighted by Crippen LogP contribution is 2.23. The van der Waals surface area contributed by atoms with Crippen molar-refractivity contribution in [2.24, 2.45) is 0 Å². The van der Waals surface area contributed by atoms with E-state index in [0.717, 1.165) is 3.57 Å². The Hall–Kier alpha value is -0.330. The Labute approximate surface area is 126 Å². The standard InChI is InChI=1S/C13H17ClINO2/c1-12(2,13(3,4)18)16-11(17)8-5-6-10(15)9(14)7-8/h5-7,18H,1-4H3,(H,16,17). The molecule has 1 aromatic carbocycles. The van der Waals surface area contributed by atoms with E-state index < -0.39 is 11.1 Å². The predicted molar refractivity (Wildman–Crippen MR) is 82.0 cm³/mol. The lowest BCUT2D eigenvalue weighted by atomic mass is 9.86. The van der Waals surface area contributed by atoms with Crippen LogP contribution in [0.5, 0.6) is 0 Å². The zero-order valence-corrected chi connectivity index (χ0v) is 13.8. The Balaban J connectivity index is 2.93. The van der Waals surface area contributed by atoms with Gasteiger partial charge in [-0.3, -0.25) is 4.79 Å². The summed E-state index contributed by atoms with van der Waals surface area (Å²) in [5.41, 5.74) is -1.27. The van der Waals surface area contributed by atoms with E-state index in [1.165, 1.54) is 0 Å². The molecule has 1 aromatic rings. The lowest BCUT2D eigenvalue weighted by Gasteiger charge is -2.38. The van der Waals surface area contributed by atoms with E-state index in [0.29, 0.717) is 10.6 Å². The van der Waals surface area contributed by atoms with Gasteiger partial charge in [0.1, 0.15) is 0 Å². The molecule has 0 spiro atoms. The number of carbonyl (C=O) groups is 1. The normalized spacial score (nSPS) is 12.4. The Morgan fingerprint density at radius 2 is 1.89 bits per heavy atom. The summed E-state index contributed by atoms with van der Waals surface area (Å²) in [6.07, 6.45) is 0. The molecule has 0 atom stereocenters. The van der Waals surface area contributed by atoms with Crippen LogP contribution in [0.2, 0.25) is 5.02 Å². The minimum absolute atomic E-state index is 0.250. The Morgan fingerprint density at radius 3 is 2.33 bits per heavy atom. The number of aliphatic hydroxyl groups is 1. The summed E-state index contributed by atoms with van der Waals surface area (Å²) in [6, 6.07) is 5.12. The fourth-order valence-corrected chi connectivity index (χ4v) is 1.66. The second kappa shape index (κ2) is 5.35. The summed E-state index contributed by atoms with van der Waals surface area (Å²) < 4.78 is 0.896. The summed E-state index contributed by atoms with van der Waals surface area (Å²) in [7, 11) is 0. The molecule has 0 aromatic heterocycles. The van der Waals surface area contributed by atoms with Crippen LogP contribution < -0.4 is 5.32 Å². The highest BCUT2D eigenvalue weighted by Gasteiger charge is 2.36. The number of hydrogen-bond acceptors (Lipinski definition) is 2. The van der Waals surface area contributed by atoms with Gasteiger partial charge in [-0.2, -0.15) is 0 Å². The average molecular weight is 382 g/mol. The van der Waals surface area contributed by atoms with E-state index in [9.17, 15) is 9.90 Å². The molecule has 5 heteroatoms. The van der Waals surface area contributed by atoms with Gasteiger partial charge in [0.15, 0.2) is 0 Å². The number of amides is 1. The van der Waals surface area contributed by atoms with E-state index >= 15 is 0 Å². The van der Waals surface area contributed by atoms with Gasteiger partial charge in [0.25, 0.3) is 5.91 Å². The van der Waals surface area contributed by atoms with E-state index in [2.05, 4.69) is 27.9 Å². The van der Waals surface area contributed by atoms with Crippen molar-refractivity contribution >= 4 is 40.1 Å². The topological polar surface area (TPSA) is 49.3 Å². The van der Waals surface area contributed by atoms with Crippen LogP contribution in [0, 0.1) is 3.57 Å². The quantitative estimate of drug-likeness (QED) is 0.790. The van der Waals surface area contributed by atoms with E-state index in [4.69, 9.17) is 11.6 Å². The van der Waals surface area contributed by atoms with Crippen LogP contribution in [-0.4, -0.2) is 22.2 Å². The number of nitrogens with one attached hydrogen (secondary N) is 1. The molecule has 0 aliphatic carbocycles. The molecule has 18 heavy (non-hydrogen) atoms. The zero-order valence-electron chi connectivity index (χ0n) is 10.8. The molecule has 0 saturated heterocycles. The molecule has 0 aliphatic heterocycles. The van der Waals surface area contributed by atoms with Crippen LogP contribution in [-0.2, 0) is 0 Å². The molecule has 0 radical (unpaired) electrons. The number of carbonyl (C=O) groups excluding carboxylic acids is 1. The van der Waals surface area contributed by atoms with Gasteiger partial charge in [-0.05, 0) is 68.5 Å². The second-order valence-electron chi connectivity index (χ2n) is 5.27. The fourth-order valence-electron chi connectivity index (χ4n) is 1.15. The lowest BCUT2D eigenvalue weighted by molar-refractivity contribution is -0.00292. The number of halogens is 2. The molecule has 0 aliphatic rings. The Kier molecular flexibility index (Phi) is 4.67. The molecule has 100 valence electrons. The summed E-state index contributed by atoms with van der Waals surface area (Å²) >= 11 is 8.08. The number of benzene rings is 1. The number of hydrogen-bond donors (Lipinski definition) is 2. The minimum Gasteiger partial charge on any atom is -0.388 e. The van der Waals surface area contributed by atoms with Crippen LogP contribution in [0.15, 0.2) is 18.2 Å². The fraction of sp³-hybridized carbons (Fsp3) is 0.462. The van der Waals surface area contributed by atoms with Gasteiger partial charge in [-0.1, -0.05) is 11.6 Å². The van der Waals surface area contributed by atoms with Crippen molar-refractivity contribution in [1.29, 1.82) is 0 Å². The monoisotopic (exact) mass is 381 g/mol. The largest absolute Gasteiger partial charge is 0.388 e. The van der Waals surface area contributed by atoms with Crippen LogP contribution >= 0.6 is 34.2 Å². The first-order valence-corrected chi connectivity index (χ1v) is 7.00. The molecule has 2 N–H and O–H groups in total. The SMILES string of the molecule is CC(C)(O)C(C)(C)NC(=O)c1ccc(I)c(Cl)c1. The molecule has 3 nitrogen and oxygen atoms in total. The molecule has 1 rings (SSSR count). The minimum atomic E-state index is -1.02. The first-order chi connectivity index (χ1) is 8.04. The second-order valence-corrected chi connectivity index (χ2v) is 6.84. The average Bonchev–Trinajstić information content (AvgIpc) is 2.19. The lowest BCUT2D eigenvalue weighted by Crippen LogP contribution is -2.57. The highest BCUT2D eigenvalue weighted by molar-refractivity contribution is 14.1. The van der Waals surface area contributed by atoms with Crippen LogP contribution in [0.25, 0.3) is 0 Å². The first-order valence-electron chi connectivity index (χ1n) is 5.54. The predicted octanol–water partition coefficient (Wildman–Crippen LogP) is 3.22. The van der Waals surface area contributed by atoms with Crippen molar-refractivity contribution in [3.8, 4) is 0 Å². The third kappa shape index (κ3) is 3.59. The van der Waals surface area contributed by atoms with Crippen molar-refractivity contribution in [3.63, 3.8) is 0 Å². The molecule has 0 heterocycles. The number of rotatable bonds is 3. The third-order valence-corrected chi connectivity index (χ3v) is 4.71. The summed E-state index contributed by atoms with van der Waals surface area (Å²) in [5, 5.41) is 13.4. The maximum Gasteiger partial charge on any atom is 0.251 e. The highest BCUT2D eigenvalue weighted by atomic mass is 127. The van der Waals surface area contributed by atoms with Crippen LogP contribution in [0.3, 0.4) is 0 Å². The van der Waals surface area contributed by atoms with Gasteiger partial charge >= 0.3 is 0 Å². The Morgan fingerprint density at radius 1 is 1.33 bits per heavy atom. The van der Waals surface area contributed by atoms with E-state index in [-0.39, 0.29) is 5.91 Å². The zero-order chi connectivity index (χ0) is 14.1. The molecule has 0 unspecified atom stereocenters. The first kappa shape index (κ1) is 15.7. The van der Waals surface area contributed by atoms with E-state index in [1.807, 2.05) is 0 Å². The molecule has 0 bridgehead atoms. The molecular weight excluding hydrogens is 365 g/mol. The molecular formula is C13H17ClINO2. The van der Waals surface area contributed by atoms with Gasteiger partial charge in [0.05, 0.1) is 16.2 Å². The van der Waals surface area contributed by atoms with Crippen molar-refractivity contribution in [3.05, 3.63) is 32.4 Å². The van der Waals surface area contributed by atoms with E-state index in [1.54, 1.807) is 45.9 Å². The van der Waals surface area contributed by atoms with Crippen LogP contribution in [0.4, 0.5) is 0 Å².